The van der Waals surface area contributed by atoms with Crippen molar-refractivity contribution in [3.8, 4) is 5.75 Å². The summed E-state index contributed by atoms with van der Waals surface area (Å²) in [7, 11) is -2.65. The number of likely N-dealkylation sites (N-methyl/N-ethyl adjacent to an activating group) is 1. The number of sulfonamides is 1. The number of rotatable bonds is 7. The summed E-state index contributed by atoms with van der Waals surface area (Å²) in [5.74, 6) is -2.08. The average molecular weight is 419 g/mol. The van der Waals surface area contributed by atoms with Gasteiger partial charge in [0.1, 0.15) is 17.4 Å². The molecule has 0 fully saturated rings. The Morgan fingerprint density at radius 3 is 2.52 bits per heavy atom. The van der Waals surface area contributed by atoms with Crippen molar-refractivity contribution in [1.82, 2.24) is 4.31 Å². The van der Waals surface area contributed by atoms with E-state index in [2.05, 4.69) is 5.32 Å². The third-order valence-electron chi connectivity index (χ3n) is 3.64. The van der Waals surface area contributed by atoms with E-state index >= 15 is 0 Å². The third-order valence-corrected chi connectivity index (χ3v) is 5.85. The number of anilines is 1. The van der Waals surface area contributed by atoms with E-state index in [0.717, 1.165) is 22.5 Å². The van der Waals surface area contributed by atoms with E-state index in [1.165, 1.54) is 25.3 Å². The molecule has 10 heteroatoms. The van der Waals surface area contributed by atoms with Gasteiger partial charge in [0.05, 0.1) is 29.3 Å². The first kappa shape index (κ1) is 21.1. The molecule has 0 aliphatic heterocycles. The van der Waals surface area contributed by atoms with Crippen molar-refractivity contribution in [2.75, 3.05) is 25.5 Å². The topological polar surface area (TPSA) is 75.7 Å². The minimum atomic E-state index is -4.04. The van der Waals surface area contributed by atoms with Crippen LogP contribution in [-0.4, -0.2) is 38.8 Å². The number of amides is 1. The quantitative estimate of drug-likeness (QED) is 0.748. The maximum absolute atomic E-state index is 13.6. The molecule has 0 heterocycles. The molecule has 0 atom stereocenters. The minimum absolute atomic E-state index is 0.0228. The molecule has 0 aromatic heterocycles. The number of hydrogen-bond donors (Lipinski definition) is 1. The highest BCUT2D eigenvalue weighted by molar-refractivity contribution is 7.89. The summed E-state index contributed by atoms with van der Waals surface area (Å²) in [6.45, 7) is 0.933. The summed E-state index contributed by atoms with van der Waals surface area (Å²) in [4.78, 5) is 12.0. The van der Waals surface area contributed by atoms with Crippen molar-refractivity contribution in [2.45, 2.75) is 11.8 Å². The molecular formula is C17H17ClF2N2O4S. The van der Waals surface area contributed by atoms with Crippen molar-refractivity contribution >= 4 is 33.2 Å². The van der Waals surface area contributed by atoms with Crippen LogP contribution in [-0.2, 0) is 14.8 Å². The molecule has 0 aliphatic carbocycles. The molecule has 2 aromatic rings. The molecule has 146 valence electrons. The Balaban J connectivity index is 2.21. The van der Waals surface area contributed by atoms with Gasteiger partial charge in [-0.15, -0.1) is 0 Å². The van der Waals surface area contributed by atoms with E-state index < -0.39 is 34.1 Å². The van der Waals surface area contributed by atoms with Gasteiger partial charge < -0.3 is 10.1 Å². The largest absolute Gasteiger partial charge is 0.495 e. The van der Waals surface area contributed by atoms with Gasteiger partial charge >= 0.3 is 0 Å². The van der Waals surface area contributed by atoms with Gasteiger partial charge in [0, 0.05) is 12.6 Å². The van der Waals surface area contributed by atoms with Gasteiger partial charge in [0.2, 0.25) is 15.9 Å². The first-order valence-electron chi connectivity index (χ1n) is 7.77. The number of carbonyl (C=O) groups excluding carboxylic acids is 1. The van der Waals surface area contributed by atoms with Gasteiger partial charge in [-0.05, 0) is 30.3 Å². The second kappa shape index (κ2) is 8.64. The number of nitrogens with zero attached hydrogens (tertiary/aromatic N) is 1. The lowest BCUT2D eigenvalue weighted by Crippen LogP contribution is -2.38. The molecule has 2 rings (SSSR count). The van der Waals surface area contributed by atoms with Crippen molar-refractivity contribution in [1.29, 1.82) is 0 Å². The van der Waals surface area contributed by atoms with Crippen LogP contribution in [0, 0.1) is 11.6 Å². The minimum Gasteiger partial charge on any atom is -0.495 e. The first-order valence-corrected chi connectivity index (χ1v) is 9.59. The number of methoxy groups -OCH3 is 1. The fraction of sp³-hybridized carbons (Fsp3) is 0.235. The van der Waals surface area contributed by atoms with E-state index in [1.54, 1.807) is 6.92 Å². The Bertz CT molecular complexity index is 954. The maximum atomic E-state index is 13.6. The lowest BCUT2D eigenvalue weighted by molar-refractivity contribution is -0.116. The SMILES string of the molecule is CCN(CC(=O)Nc1cc(F)ccc1F)S(=O)(=O)c1ccc(OC)c(Cl)c1. The Hall–Kier alpha value is -2.23. The van der Waals surface area contributed by atoms with Crippen LogP contribution in [0.15, 0.2) is 41.3 Å². The van der Waals surface area contributed by atoms with E-state index in [4.69, 9.17) is 16.3 Å². The summed E-state index contributed by atoms with van der Waals surface area (Å²) in [6.07, 6.45) is 0. The molecule has 0 spiro atoms. The maximum Gasteiger partial charge on any atom is 0.243 e. The van der Waals surface area contributed by atoms with Gasteiger partial charge in [-0.3, -0.25) is 4.79 Å². The normalized spacial score (nSPS) is 11.5. The van der Waals surface area contributed by atoms with Crippen molar-refractivity contribution in [3.63, 3.8) is 0 Å². The molecule has 1 N–H and O–H groups in total. The van der Waals surface area contributed by atoms with Crippen molar-refractivity contribution in [3.05, 3.63) is 53.1 Å². The smallest absolute Gasteiger partial charge is 0.243 e. The van der Waals surface area contributed by atoms with Gasteiger partial charge in [-0.1, -0.05) is 18.5 Å². The Morgan fingerprint density at radius 2 is 1.93 bits per heavy atom. The summed E-state index contributed by atoms with van der Waals surface area (Å²) in [5, 5.41) is 2.26. The number of carbonyl (C=O) groups is 1. The van der Waals surface area contributed by atoms with Crippen LogP contribution in [0.4, 0.5) is 14.5 Å². The summed E-state index contributed by atoms with van der Waals surface area (Å²) in [5.41, 5.74) is -0.374. The molecule has 6 nitrogen and oxygen atoms in total. The Kier molecular flexibility index (Phi) is 6.74. The van der Waals surface area contributed by atoms with Crippen LogP contribution in [0.3, 0.4) is 0 Å². The molecule has 0 saturated heterocycles. The van der Waals surface area contributed by atoms with Crippen LogP contribution >= 0.6 is 11.6 Å². The van der Waals surface area contributed by atoms with Crippen molar-refractivity contribution in [2.24, 2.45) is 0 Å². The Labute approximate surface area is 160 Å². The third kappa shape index (κ3) is 4.94. The molecule has 0 saturated carbocycles. The van der Waals surface area contributed by atoms with E-state index in [0.29, 0.717) is 5.75 Å². The summed E-state index contributed by atoms with van der Waals surface area (Å²) < 4.78 is 58.2. The fourth-order valence-corrected chi connectivity index (χ4v) is 4.02. The number of benzene rings is 2. The standard InChI is InChI=1S/C17H17ClF2N2O4S/c1-3-22(10-17(23)21-15-8-11(19)4-6-14(15)20)27(24,25)12-5-7-16(26-2)13(18)9-12/h4-9H,3,10H2,1-2H3,(H,21,23). The molecule has 2 aromatic carbocycles. The molecule has 0 aliphatic rings. The highest BCUT2D eigenvalue weighted by Crippen LogP contribution is 2.28. The van der Waals surface area contributed by atoms with E-state index in [1.807, 2.05) is 0 Å². The molecule has 0 unspecified atom stereocenters. The fourth-order valence-electron chi connectivity index (χ4n) is 2.27. The van der Waals surface area contributed by atoms with Gasteiger partial charge in [-0.25, -0.2) is 17.2 Å². The molecule has 27 heavy (non-hydrogen) atoms. The van der Waals surface area contributed by atoms with Crippen LogP contribution in [0.1, 0.15) is 6.92 Å². The number of nitrogens with one attached hydrogen (secondary N) is 1. The highest BCUT2D eigenvalue weighted by Gasteiger charge is 2.26. The number of hydrogen-bond acceptors (Lipinski definition) is 4. The van der Waals surface area contributed by atoms with Gasteiger partial charge in [0.25, 0.3) is 0 Å². The van der Waals surface area contributed by atoms with Gasteiger partial charge in [-0.2, -0.15) is 4.31 Å². The lowest BCUT2D eigenvalue weighted by atomic mass is 10.3. The molecule has 0 bridgehead atoms. The average Bonchev–Trinajstić information content (AvgIpc) is 2.62. The van der Waals surface area contributed by atoms with Crippen LogP contribution in [0.25, 0.3) is 0 Å². The first-order chi connectivity index (χ1) is 12.7. The monoisotopic (exact) mass is 418 g/mol. The Morgan fingerprint density at radius 1 is 1.22 bits per heavy atom. The predicted molar refractivity (Wildman–Crippen MR) is 97.4 cm³/mol. The number of ether oxygens (including phenoxy) is 1. The summed E-state index contributed by atoms with van der Waals surface area (Å²) in [6, 6.07) is 6.47. The van der Waals surface area contributed by atoms with Crippen LogP contribution < -0.4 is 10.1 Å². The predicted octanol–water partition coefficient (Wildman–Crippen LogP) is 3.28. The molecular weight excluding hydrogens is 402 g/mol. The zero-order chi connectivity index (χ0) is 20.2. The van der Waals surface area contributed by atoms with Crippen LogP contribution in [0.5, 0.6) is 5.75 Å². The highest BCUT2D eigenvalue weighted by atomic mass is 35.5. The molecule has 1 amide bonds. The zero-order valence-corrected chi connectivity index (χ0v) is 16.1. The van der Waals surface area contributed by atoms with Crippen molar-refractivity contribution < 1.29 is 26.7 Å². The number of halogens is 3. The lowest BCUT2D eigenvalue weighted by Gasteiger charge is -2.20. The van der Waals surface area contributed by atoms with E-state index in [-0.39, 0.29) is 22.2 Å². The van der Waals surface area contributed by atoms with Crippen LogP contribution in [0.2, 0.25) is 5.02 Å². The molecule has 0 radical (unpaired) electrons. The van der Waals surface area contributed by atoms with E-state index in [9.17, 15) is 22.0 Å². The second-order valence-electron chi connectivity index (χ2n) is 5.40. The van der Waals surface area contributed by atoms with Gasteiger partial charge in [0.15, 0.2) is 0 Å². The second-order valence-corrected chi connectivity index (χ2v) is 7.75. The zero-order valence-electron chi connectivity index (χ0n) is 14.5. The summed E-state index contributed by atoms with van der Waals surface area (Å²) >= 11 is 5.96.